The highest BCUT2D eigenvalue weighted by molar-refractivity contribution is 14.0. The molecule has 0 aromatic carbocycles. The molecule has 1 unspecified atom stereocenters. The summed E-state index contributed by atoms with van der Waals surface area (Å²) in [5.74, 6) is 1.42. The number of halogens is 1. The smallest absolute Gasteiger partial charge is 0.193 e. The van der Waals surface area contributed by atoms with Gasteiger partial charge in [-0.3, -0.25) is 9.67 Å². The first-order valence-electron chi connectivity index (χ1n) is 7.76. The van der Waals surface area contributed by atoms with Crippen LogP contribution in [-0.2, 0) is 7.05 Å². The van der Waals surface area contributed by atoms with Gasteiger partial charge in [0, 0.05) is 45.8 Å². The van der Waals surface area contributed by atoms with Crippen LogP contribution in [0, 0.1) is 0 Å². The minimum absolute atomic E-state index is 0. The predicted octanol–water partition coefficient (Wildman–Crippen LogP) is 1.32. The first-order valence-corrected chi connectivity index (χ1v) is 7.76. The number of guanidine groups is 1. The van der Waals surface area contributed by atoms with E-state index in [0.29, 0.717) is 12.5 Å². The fourth-order valence-corrected chi connectivity index (χ4v) is 3.21. The summed E-state index contributed by atoms with van der Waals surface area (Å²) in [4.78, 5) is 6.64. The van der Waals surface area contributed by atoms with Crippen LogP contribution in [-0.4, -0.2) is 58.0 Å². The number of aliphatic imine (C=N–C) groups is 1. The molecule has 3 rings (SSSR count). The van der Waals surface area contributed by atoms with Crippen LogP contribution in [0.3, 0.4) is 0 Å². The molecular formula is C15H26IN5O. The lowest BCUT2D eigenvalue weighted by Crippen LogP contribution is -2.51. The van der Waals surface area contributed by atoms with Crippen molar-refractivity contribution in [2.24, 2.45) is 12.0 Å². The molecule has 1 aliphatic carbocycles. The second-order valence-electron chi connectivity index (χ2n) is 6.36. The van der Waals surface area contributed by atoms with Crippen LogP contribution in [0.1, 0.15) is 37.2 Å². The molecule has 2 N–H and O–H groups in total. The van der Waals surface area contributed by atoms with E-state index in [0.717, 1.165) is 44.7 Å². The van der Waals surface area contributed by atoms with Crippen molar-refractivity contribution < 1.29 is 5.11 Å². The third-order valence-corrected chi connectivity index (χ3v) is 4.76. The lowest BCUT2D eigenvalue weighted by molar-refractivity contribution is -0.0282. The first kappa shape index (κ1) is 17.5. The Morgan fingerprint density at radius 3 is 2.86 bits per heavy atom. The number of rotatable bonds is 3. The van der Waals surface area contributed by atoms with Crippen LogP contribution in [0.5, 0.6) is 0 Å². The van der Waals surface area contributed by atoms with Gasteiger partial charge in [-0.1, -0.05) is 0 Å². The van der Waals surface area contributed by atoms with Gasteiger partial charge >= 0.3 is 0 Å². The third kappa shape index (κ3) is 3.73. The van der Waals surface area contributed by atoms with E-state index in [2.05, 4.69) is 26.5 Å². The van der Waals surface area contributed by atoms with Gasteiger partial charge in [-0.05, 0) is 31.2 Å². The maximum absolute atomic E-state index is 10.2. The highest BCUT2D eigenvalue weighted by Crippen LogP contribution is 2.31. The van der Waals surface area contributed by atoms with Crippen LogP contribution >= 0.6 is 24.0 Å². The Labute approximate surface area is 149 Å². The molecule has 124 valence electrons. The molecule has 1 atom stereocenters. The normalized spacial score (nSPS) is 23.9. The molecule has 0 radical (unpaired) electrons. The number of aromatic nitrogens is 2. The fourth-order valence-electron chi connectivity index (χ4n) is 3.21. The average Bonchev–Trinajstić information content (AvgIpc) is 3.06. The molecular weight excluding hydrogens is 393 g/mol. The monoisotopic (exact) mass is 419 g/mol. The maximum Gasteiger partial charge on any atom is 0.193 e. The van der Waals surface area contributed by atoms with E-state index in [1.807, 2.05) is 25.0 Å². The van der Waals surface area contributed by atoms with E-state index in [9.17, 15) is 5.11 Å². The topological polar surface area (TPSA) is 65.7 Å². The van der Waals surface area contributed by atoms with Gasteiger partial charge in [0.2, 0.25) is 0 Å². The number of nitrogens with one attached hydrogen (secondary N) is 1. The number of nitrogens with zero attached hydrogens (tertiary/aromatic N) is 4. The largest absolute Gasteiger partial charge is 0.388 e. The quantitative estimate of drug-likeness (QED) is 0.441. The zero-order chi connectivity index (χ0) is 14.9. The lowest BCUT2D eigenvalue weighted by atomic mass is 9.80. The highest BCUT2D eigenvalue weighted by atomic mass is 127. The van der Waals surface area contributed by atoms with Crippen molar-refractivity contribution in [3.63, 3.8) is 0 Å². The molecule has 7 heteroatoms. The van der Waals surface area contributed by atoms with E-state index in [4.69, 9.17) is 0 Å². The molecule has 2 fully saturated rings. The Hall–Kier alpha value is -0.830. The van der Waals surface area contributed by atoms with Crippen molar-refractivity contribution >= 4 is 29.9 Å². The molecule has 1 aromatic heterocycles. The van der Waals surface area contributed by atoms with Crippen LogP contribution in [0.15, 0.2) is 17.4 Å². The summed E-state index contributed by atoms with van der Waals surface area (Å²) in [6, 6.07) is 0. The van der Waals surface area contributed by atoms with Gasteiger partial charge in [0.05, 0.1) is 11.8 Å². The summed E-state index contributed by atoms with van der Waals surface area (Å²) < 4.78 is 1.86. The molecule has 6 nitrogen and oxygen atoms in total. The molecule has 1 saturated heterocycles. The van der Waals surface area contributed by atoms with Gasteiger partial charge in [0.1, 0.15) is 0 Å². The molecule has 0 spiro atoms. The van der Waals surface area contributed by atoms with Gasteiger partial charge in [-0.25, -0.2) is 0 Å². The SMILES string of the molecule is CN=C(NCC1(O)CCC1)N1CCC(c2cnn(C)c2)C1.I. The highest BCUT2D eigenvalue weighted by Gasteiger charge is 2.35. The molecule has 1 saturated carbocycles. The number of hydrogen-bond acceptors (Lipinski definition) is 3. The van der Waals surface area contributed by atoms with Gasteiger partial charge in [0.15, 0.2) is 5.96 Å². The second kappa shape index (κ2) is 7.16. The first-order chi connectivity index (χ1) is 10.1. The molecule has 2 heterocycles. The van der Waals surface area contributed by atoms with E-state index in [-0.39, 0.29) is 24.0 Å². The maximum atomic E-state index is 10.2. The predicted molar refractivity (Wildman–Crippen MR) is 97.7 cm³/mol. The van der Waals surface area contributed by atoms with Crippen molar-refractivity contribution in [1.82, 2.24) is 20.0 Å². The van der Waals surface area contributed by atoms with Gasteiger partial charge < -0.3 is 15.3 Å². The van der Waals surface area contributed by atoms with E-state index in [1.54, 1.807) is 0 Å². The van der Waals surface area contributed by atoms with E-state index >= 15 is 0 Å². The minimum Gasteiger partial charge on any atom is -0.388 e. The van der Waals surface area contributed by atoms with Gasteiger partial charge in [0.25, 0.3) is 0 Å². The summed E-state index contributed by atoms with van der Waals surface area (Å²) in [6.07, 6.45) is 8.10. The number of likely N-dealkylation sites (tertiary alicyclic amines) is 1. The van der Waals surface area contributed by atoms with Crippen molar-refractivity contribution in [3.8, 4) is 0 Å². The molecule has 1 aromatic rings. The molecule has 1 aliphatic heterocycles. The van der Waals surface area contributed by atoms with E-state index < -0.39 is 5.60 Å². The van der Waals surface area contributed by atoms with Crippen molar-refractivity contribution in [2.75, 3.05) is 26.7 Å². The Kier molecular flexibility index (Phi) is 5.70. The summed E-state index contributed by atoms with van der Waals surface area (Å²) in [6.45, 7) is 2.56. The molecule has 22 heavy (non-hydrogen) atoms. The van der Waals surface area contributed by atoms with Crippen LogP contribution in [0.25, 0.3) is 0 Å². The Morgan fingerprint density at radius 2 is 2.32 bits per heavy atom. The molecule has 0 amide bonds. The fraction of sp³-hybridized carbons (Fsp3) is 0.733. The van der Waals surface area contributed by atoms with E-state index in [1.165, 1.54) is 5.56 Å². The van der Waals surface area contributed by atoms with Crippen molar-refractivity contribution in [1.29, 1.82) is 0 Å². The lowest BCUT2D eigenvalue weighted by Gasteiger charge is -2.37. The third-order valence-electron chi connectivity index (χ3n) is 4.76. The Morgan fingerprint density at radius 1 is 1.55 bits per heavy atom. The van der Waals surface area contributed by atoms with Crippen LogP contribution in [0.2, 0.25) is 0 Å². The van der Waals surface area contributed by atoms with Gasteiger partial charge in [-0.2, -0.15) is 5.10 Å². The van der Waals surface area contributed by atoms with Crippen molar-refractivity contribution in [2.45, 2.75) is 37.2 Å². The zero-order valence-electron chi connectivity index (χ0n) is 13.3. The zero-order valence-corrected chi connectivity index (χ0v) is 15.7. The molecule has 0 bridgehead atoms. The Balaban J connectivity index is 0.00000176. The van der Waals surface area contributed by atoms with Crippen LogP contribution < -0.4 is 5.32 Å². The summed E-state index contributed by atoms with van der Waals surface area (Å²) in [5.41, 5.74) is 0.784. The average molecular weight is 419 g/mol. The molecule has 2 aliphatic rings. The Bertz CT molecular complexity index is 526. The summed E-state index contributed by atoms with van der Waals surface area (Å²) in [5, 5.41) is 17.8. The minimum atomic E-state index is -0.515. The van der Waals surface area contributed by atoms with Crippen molar-refractivity contribution in [3.05, 3.63) is 18.0 Å². The number of aliphatic hydroxyl groups is 1. The second-order valence-corrected chi connectivity index (χ2v) is 6.36. The summed E-state index contributed by atoms with van der Waals surface area (Å²) >= 11 is 0. The van der Waals surface area contributed by atoms with Gasteiger partial charge in [-0.15, -0.1) is 24.0 Å². The van der Waals surface area contributed by atoms with Crippen LogP contribution in [0.4, 0.5) is 0 Å². The number of aryl methyl sites for hydroxylation is 1. The summed E-state index contributed by atoms with van der Waals surface area (Å²) in [7, 11) is 3.76. The standard InChI is InChI=1S/C15H25N5O.HI/c1-16-14(17-11-15(21)5-3-6-15)20-7-4-12(10-20)13-8-18-19(2)9-13;/h8-9,12,21H,3-7,10-11H2,1-2H3,(H,16,17);1H. The number of hydrogen-bond donors (Lipinski definition) is 2.